The Morgan fingerprint density at radius 1 is 1.07 bits per heavy atom. The number of alkyl halides is 3. The number of rotatable bonds is 0. The van der Waals surface area contributed by atoms with Crippen LogP contribution in [0.15, 0.2) is 30.6 Å². The van der Waals surface area contributed by atoms with Crippen LogP contribution in [0.5, 0.6) is 0 Å². The van der Waals surface area contributed by atoms with E-state index in [0.29, 0.717) is 10.9 Å². The molecule has 80 valence electrons. The van der Waals surface area contributed by atoms with Crippen molar-refractivity contribution in [2.45, 2.75) is 6.18 Å². The Morgan fingerprint density at radius 2 is 1.80 bits per heavy atom. The predicted octanol–water partition coefficient (Wildman–Crippen LogP) is 3.07. The molecule has 0 aliphatic carbocycles. The summed E-state index contributed by atoms with van der Waals surface area (Å²) in [6.07, 6.45) is -1.50. The van der Waals surface area contributed by atoms with E-state index < -0.39 is 11.9 Å². The maximum Gasteiger partial charge on any atom is 0.433 e. The van der Waals surface area contributed by atoms with Crippen LogP contribution < -0.4 is 0 Å². The highest BCUT2D eigenvalue weighted by molar-refractivity contribution is 5.85. The molecule has 2 nitrogen and oxygen atoms in total. The summed E-state index contributed by atoms with van der Waals surface area (Å²) >= 11 is 0. The van der Waals surface area contributed by atoms with E-state index in [1.807, 2.05) is 0 Å². The third kappa shape index (κ3) is 2.36. The van der Waals surface area contributed by atoms with Crippen LogP contribution in [0.2, 0.25) is 0 Å². The Kier molecular flexibility index (Phi) is 3.14. The van der Waals surface area contributed by atoms with Crippen molar-refractivity contribution < 1.29 is 13.2 Å². The lowest BCUT2D eigenvalue weighted by Crippen LogP contribution is -2.07. The molecule has 0 atom stereocenters. The first kappa shape index (κ1) is 11.7. The zero-order valence-electron chi connectivity index (χ0n) is 7.32. The highest BCUT2D eigenvalue weighted by Crippen LogP contribution is 2.28. The third-order valence-corrected chi connectivity index (χ3v) is 1.78. The average molecular weight is 235 g/mol. The number of nitrogens with zero attached hydrogens (tertiary/aromatic N) is 2. The van der Waals surface area contributed by atoms with Crippen LogP contribution in [0, 0.1) is 0 Å². The maximum absolute atomic E-state index is 12.2. The van der Waals surface area contributed by atoms with Gasteiger partial charge in [0.1, 0.15) is 5.69 Å². The highest BCUT2D eigenvalue weighted by Gasteiger charge is 2.32. The standard InChI is InChI=1S/C9H5F3N2.ClH/c10-9(11,12)8-2-1-6-5-13-4-3-7(6)14-8;/h1-5H;1H. The van der Waals surface area contributed by atoms with Crippen molar-refractivity contribution in [1.29, 1.82) is 0 Å². The quantitative estimate of drug-likeness (QED) is 0.700. The van der Waals surface area contributed by atoms with E-state index >= 15 is 0 Å². The van der Waals surface area contributed by atoms with E-state index in [1.54, 1.807) is 0 Å². The molecule has 0 aliphatic heterocycles. The Balaban J connectivity index is 0.00000112. The molecule has 2 aromatic heterocycles. The van der Waals surface area contributed by atoms with Crippen LogP contribution in [0.25, 0.3) is 10.9 Å². The molecule has 0 bridgehead atoms. The smallest absolute Gasteiger partial charge is 0.264 e. The molecular formula is C9H6ClF3N2. The van der Waals surface area contributed by atoms with Gasteiger partial charge in [0.05, 0.1) is 5.52 Å². The molecule has 0 radical (unpaired) electrons. The van der Waals surface area contributed by atoms with Gasteiger partial charge in [-0.3, -0.25) is 4.98 Å². The molecule has 0 unspecified atom stereocenters. The number of hydrogen-bond donors (Lipinski definition) is 0. The van der Waals surface area contributed by atoms with Crippen molar-refractivity contribution in [2.24, 2.45) is 0 Å². The van der Waals surface area contributed by atoms with Crippen LogP contribution in [0.1, 0.15) is 5.69 Å². The lowest BCUT2D eigenvalue weighted by atomic mass is 10.2. The van der Waals surface area contributed by atoms with Crippen LogP contribution in [0.3, 0.4) is 0 Å². The van der Waals surface area contributed by atoms with E-state index in [2.05, 4.69) is 9.97 Å². The fourth-order valence-electron chi connectivity index (χ4n) is 1.12. The zero-order chi connectivity index (χ0) is 10.2. The van der Waals surface area contributed by atoms with E-state index in [-0.39, 0.29) is 12.4 Å². The van der Waals surface area contributed by atoms with Gasteiger partial charge in [0.2, 0.25) is 0 Å². The predicted molar refractivity (Wildman–Crippen MR) is 51.8 cm³/mol. The average Bonchev–Trinajstić information content (AvgIpc) is 2.16. The molecule has 0 aliphatic rings. The number of fused-ring (bicyclic) bond motifs is 1. The third-order valence-electron chi connectivity index (χ3n) is 1.78. The second kappa shape index (κ2) is 4.02. The summed E-state index contributed by atoms with van der Waals surface area (Å²) < 4.78 is 36.7. The van der Waals surface area contributed by atoms with E-state index in [4.69, 9.17) is 0 Å². The fraction of sp³-hybridized carbons (Fsp3) is 0.111. The van der Waals surface area contributed by atoms with Crippen molar-refractivity contribution in [3.05, 3.63) is 36.3 Å². The summed E-state index contributed by atoms with van der Waals surface area (Å²) in [6, 6.07) is 3.76. The number of halogens is 4. The molecule has 0 aromatic carbocycles. The molecule has 0 fully saturated rings. The number of hydrogen-bond acceptors (Lipinski definition) is 2. The lowest BCUT2D eigenvalue weighted by Gasteiger charge is -2.05. The van der Waals surface area contributed by atoms with Crippen molar-refractivity contribution in [2.75, 3.05) is 0 Å². The lowest BCUT2D eigenvalue weighted by molar-refractivity contribution is -0.140. The fourth-order valence-corrected chi connectivity index (χ4v) is 1.12. The van der Waals surface area contributed by atoms with Gasteiger partial charge >= 0.3 is 6.18 Å². The first-order valence-electron chi connectivity index (χ1n) is 3.85. The van der Waals surface area contributed by atoms with Crippen molar-refractivity contribution in [1.82, 2.24) is 9.97 Å². The molecule has 0 saturated carbocycles. The molecule has 0 N–H and O–H groups in total. The van der Waals surface area contributed by atoms with Crippen LogP contribution in [0.4, 0.5) is 13.2 Å². The Hall–Kier alpha value is -1.36. The molecule has 15 heavy (non-hydrogen) atoms. The van der Waals surface area contributed by atoms with Gasteiger partial charge in [-0.2, -0.15) is 13.2 Å². The molecule has 6 heteroatoms. The van der Waals surface area contributed by atoms with Gasteiger partial charge in [0, 0.05) is 17.8 Å². The molecule has 2 rings (SSSR count). The second-order valence-corrected chi connectivity index (χ2v) is 2.76. The summed E-state index contributed by atoms with van der Waals surface area (Å²) in [5.41, 5.74) is -0.578. The first-order valence-corrected chi connectivity index (χ1v) is 3.85. The van der Waals surface area contributed by atoms with Gasteiger partial charge in [-0.15, -0.1) is 12.4 Å². The topological polar surface area (TPSA) is 25.8 Å². The minimum atomic E-state index is -4.39. The van der Waals surface area contributed by atoms with E-state index in [0.717, 1.165) is 6.07 Å². The summed E-state index contributed by atoms with van der Waals surface area (Å²) in [6.45, 7) is 0. The van der Waals surface area contributed by atoms with Crippen molar-refractivity contribution in [3.63, 3.8) is 0 Å². The van der Waals surface area contributed by atoms with Gasteiger partial charge in [0.15, 0.2) is 0 Å². The SMILES string of the molecule is Cl.FC(F)(F)c1ccc2cnccc2n1. The van der Waals surface area contributed by atoms with Crippen LogP contribution in [-0.4, -0.2) is 9.97 Å². The van der Waals surface area contributed by atoms with Crippen LogP contribution in [-0.2, 0) is 6.18 Å². The normalized spacial score (nSPS) is 11.1. The van der Waals surface area contributed by atoms with Crippen molar-refractivity contribution in [3.8, 4) is 0 Å². The largest absolute Gasteiger partial charge is 0.433 e. The Labute approximate surface area is 89.6 Å². The minimum absolute atomic E-state index is 0. The minimum Gasteiger partial charge on any atom is -0.264 e. The molecule has 2 heterocycles. The van der Waals surface area contributed by atoms with Gasteiger partial charge in [-0.05, 0) is 18.2 Å². The summed E-state index contributed by atoms with van der Waals surface area (Å²) in [7, 11) is 0. The molecular weight excluding hydrogens is 229 g/mol. The maximum atomic E-state index is 12.2. The molecule has 2 aromatic rings. The Morgan fingerprint density at radius 3 is 2.47 bits per heavy atom. The molecule has 0 spiro atoms. The first-order chi connectivity index (χ1) is 6.57. The summed E-state index contributed by atoms with van der Waals surface area (Å²) in [4.78, 5) is 7.26. The number of aromatic nitrogens is 2. The van der Waals surface area contributed by atoms with Gasteiger partial charge in [-0.1, -0.05) is 0 Å². The molecule has 0 saturated heterocycles. The Bertz CT molecular complexity index is 470. The summed E-state index contributed by atoms with van der Waals surface area (Å²) in [5, 5.41) is 0.598. The highest BCUT2D eigenvalue weighted by atomic mass is 35.5. The van der Waals surface area contributed by atoms with Gasteiger partial charge < -0.3 is 0 Å². The summed E-state index contributed by atoms with van der Waals surface area (Å²) in [5.74, 6) is 0. The monoisotopic (exact) mass is 234 g/mol. The van der Waals surface area contributed by atoms with E-state index in [9.17, 15) is 13.2 Å². The van der Waals surface area contributed by atoms with Crippen molar-refractivity contribution >= 4 is 23.3 Å². The van der Waals surface area contributed by atoms with Gasteiger partial charge in [0.25, 0.3) is 0 Å². The zero-order valence-corrected chi connectivity index (χ0v) is 8.14. The second-order valence-electron chi connectivity index (χ2n) is 2.76. The van der Waals surface area contributed by atoms with E-state index in [1.165, 1.54) is 24.5 Å². The number of pyridine rings is 2. The molecule has 0 amide bonds. The van der Waals surface area contributed by atoms with Crippen LogP contribution >= 0.6 is 12.4 Å². The van der Waals surface area contributed by atoms with Gasteiger partial charge in [-0.25, -0.2) is 4.98 Å².